The summed E-state index contributed by atoms with van der Waals surface area (Å²) in [5.41, 5.74) is 4.84. The van der Waals surface area contributed by atoms with Gasteiger partial charge in [0.05, 0.1) is 36.0 Å². The highest BCUT2D eigenvalue weighted by atomic mass is 32.2. The van der Waals surface area contributed by atoms with Gasteiger partial charge in [0.25, 0.3) is 0 Å². The molecule has 0 spiro atoms. The summed E-state index contributed by atoms with van der Waals surface area (Å²) in [5, 5.41) is 0.846. The molecule has 0 bridgehead atoms. The topological polar surface area (TPSA) is 58.3 Å². The minimum absolute atomic E-state index is 0.115. The Morgan fingerprint density at radius 1 is 1.21 bits per heavy atom. The van der Waals surface area contributed by atoms with E-state index in [-0.39, 0.29) is 11.8 Å². The van der Waals surface area contributed by atoms with Crippen molar-refractivity contribution in [2.24, 2.45) is 0 Å². The van der Waals surface area contributed by atoms with E-state index >= 15 is 0 Å². The van der Waals surface area contributed by atoms with Crippen LogP contribution >= 0.6 is 11.8 Å². The smallest absolute Gasteiger partial charge is 0.175 e. The van der Waals surface area contributed by atoms with Crippen LogP contribution < -0.4 is 0 Å². The third-order valence-electron chi connectivity index (χ3n) is 5.10. The lowest BCUT2D eigenvalue weighted by atomic mass is 10.2. The number of imidazole rings is 1. The SMILES string of the molecule is COCCn1c(SCC(=O)c2cc(C)n(C(C)COC)c2C)nc2ccccc21. The number of carbonyl (C=O) groups excluding carboxylic acids is 1. The van der Waals surface area contributed by atoms with Crippen LogP contribution in [0, 0.1) is 13.8 Å². The Morgan fingerprint density at radius 2 is 1.97 bits per heavy atom. The van der Waals surface area contributed by atoms with Gasteiger partial charge in [0.1, 0.15) is 0 Å². The Morgan fingerprint density at radius 3 is 2.69 bits per heavy atom. The summed E-state index contributed by atoms with van der Waals surface area (Å²) in [4.78, 5) is 17.7. The number of carbonyl (C=O) groups is 1. The predicted molar refractivity (Wildman–Crippen MR) is 117 cm³/mol. The van der Waals surface area contributed by atoms with Gasteiger partial charge in [-0.05, 0) is 39.0 Å². The second-order valence-corrected chi connectivity index (χ2v) is 8.14. The van der Waals surface area contributed by atoms with E-state index < -0.39 is 0 Å². The molecule has 156 valence electrons. The van der Waals surface area contributed by atoms with Gasteiger partial charge in [-0.3, -0.25) is 4.79 Å². The predicted octanol–water partition coefficient (Wildman–Crippen LogP) is 4.28. The van der Waals surface area contributed by atoms with Crippen LogP contribution in [0.1, 0.15) is 34.7 Å². The lowest BCUT2D eigenvalue weighted by molar-refractivity contribution is 0.102. The first kappa shape index (κ1) is 21.6. The molecule has 0 aliphatic rings. The third kappa shape index (κ3) is 4.57. The van der Waals surface area contributed by atoms with Crippen molar-refractivity contribution in [1.29, 1.82) is 0 Å². The zero-order valence-corrected chi connectivity index (χ0v) is 18.6. The molecule has 1 aromatic carbocycles. The fourth-order valence-corrected chi connectivity index (χ4v) is 4.75. The van der Waals surface area contributed by atoms with E-state index in [0.717, 1.165) is 33.1 Å². The zero-order chi connectivity index (χ0) is 21.0. The minimum atomic E-state index is 0.115. The van der Waals surface area contributed by atoms with Crippen LogP contribution in [-0.4, -0.2) is 53.1 Å². The van der Waals surface area contributed by atoms with Gasteiger partial charge in [-0.15, -0.1) is 0 Å². The summed E-state index contributed by atoms with van der Waals surface area (Å²) in [5.74, 6) is 0.462. The van der Waals surface area contributed by atoms with Crippen molar-refractivity contribution in [3.05, 3.63) is 47.3 Å². The summed E-state index contributed by atoms with van der Waals surface area (Å²) >= 11 is 1.48. The largest absolute Gasteiger partial charge is 0.383 e. The van der Waals surface area contributed by atoms with Crippen LogP contribution in [-0.2, 0) is 16.0 Å². The number of thioether (sulfide) groups is 1. The first-order valence-electron chi connectivity index (χ1n) is 9.75. The molecular formula is C22H29N3O3S. The number of hydrogen-bond acceptors (Lipinski definition) is 5. The Bertz CT molecular complexity index is 993. The van der Waals surface area contributed by atoms with E-state index in [2.05, 4.69) is 22.1 Å². The first-order chi connectivity index (χ1) is 14.0. The fraction of sp³-hybridized carbons (Fsp3) is 0.455. The van der Waals surface area contributed by atoms with Crippen molar-refractivity contribution in [1.82, 2.24) is 14.1 Å². The molecule has 0 amide bonds. The van der Waals surface area contributed by atoms with Gasteiger partial charge in [-0.1, -0.05) is 23.9 Å². The summed E-state index contributed by atoms with van der Waals surface area (Å²) in [6.45, 7) is 8.06. The number of ketones is 1. The molecule has 3 rings (SSSR count). The molecule has 0 N–H and O–H groups in total. The van der Waals surface area contributed by atoms with Crippen LogP contribution in [0.5, 0.6) is 0 Å². The molecule has 0 saturated carbocycles. The Labute approximate surface area is 176 Å². The van der Waals surface area contributed by atoms with E-state index in [0.29, 0.717) is 25.5 Å². The van der Waals surface area contributed by atoms with Crippen molar-refractivity contribution in [3.63, 3.8) is 0 Å². The van der Waals surface area contributed by atoms with E-state index in [1.165, 1.54) is 11.8 Å². The average Bonchev–Trinajstić information content (AvgIpc) is 3.21. The van der Waals surface area contributed by atoms with Gasteiger partial charge >= 0.3 is 0 Å². The fourth-order valence-electron chi connectivity index (χ4n) is 3.82. The normalized spacial score (nSPS) is 12.6. The van der Waals surface area contributed by atoms with Gasteiger partial charge in [-0.25, -0.2) is 4.98 Å². The number of aryl methyl sites for hydroxylation is 1. The number of ether oxygens (including phenoxy) is 2. The molecule has 0 radical (unpaired) electrons. The average molecular weight is 416 g/mol. The van der Waals surface area contributed by atoms with Gasteiger partial charge in [0.2, 0.25) is 0 Å². The first-order valence-corrected chi connectivity index (χ1v) is 10.7. The molecule has 29 heavy (non-hydrogen) atoms. The maximum atomic E-state index is 13.0. The Kier molecular flexibility index (Phi) is 7.16. The maximum absolute atomic E-state index is 13.0. The molecule has 0 aliphatic heterocycles. The standard InChI is InChI=1S/C22H29N3O3S/c1-15-12-18(17(3)25(15)16(2)13-28-5)21(26)14-29-22-23-19-8-6-7-9-20(19)24(22)10-11-27-4/h6-9,12,16H,10-11,13-14H2,1-5H3. The zero-order valence-electron chi connectivity index (χ0n) is 17.8. The number of Topliss-reactive ketones (excluding diaryl/α,β-unsaturated/α-hetero) is 1. The molecule has 2 aromatic heterocycles. The molecule has 2 heterocycles. The summed E-state index contributed by atoms with van der Waals surface area (Å²) in [6.07, 6.45) is 0. The molecule has 0 aliphatic carbocycles. The van der Waals surface area contributed by atoms with Gasteiger partial charge < -0.3 is 18.6 Å². The summed E-state index contributed by atoms with van der Waals surface area (Å²) < 4.78 is 14.8. The lowest BCUT2D eigenvalue weighted by Gasteiger charge is -2.17. The van der Waals surface area contributed by atoms with E-state index in [9.17, 15) is 4.79 Å². The highest BCUT2D eigenvalue weighted by molar-refractivity contribution is 7.99. The van der Waals surface area contributed by atoms with Crippen LogP contribution in [0.15, 0.2) is 35.5 Å². The maximum Gasteiger partial charge on any atom is 0.175 e. The molecule has 0 saturated heterocycles. The van der Waals surface area contributed by atoms with Crippen LogP contribution in [0.2, 0.25) is 0 Å². The van der Waals surface area contributed by atoms with E-state index in [1.54, 1.807) is 14.2 Å². The van der Waals surface area contributed by atoms with Crippen molar-refractivity contribution in [2.45, 2.75) is 38.5 Å². The second-order valence-electron chi connectivity index (χ2n) is 7.20. The Hall–Kier alpha value is -2.09. The number of fused-ring (bicyclic) bond motifs is 1. The minimum Gasteiger partial charge on any atom is -0.383 e. The Balaban J connectivity index is 1.80. The molecule has 6 nitrogen and oxygen atoms in total. The molecule has 1 atom stereocenters. The van der Waals surface area contributed by atoms with Gasteiger partial charge in [-0.2, -0.15) is 0 Å². The van der Waals surface area contributed by atoms with Crippen LogP contribution in [0.3, 0.4) is 0 Å². The number of rotatable bonds is 10. The van der Waals surface area contributed by atoms with Gasteiger partial charge in [0, 0.05) is 37.7 Å². The quantitative estimate of drug-likeness (QED) is 0.365. The number of methoxy groups -OCH3 is 2. The number of hydrogen-bond donors (Lipinski definition) is 0. The number of para-hydroxylation sites is 2. The summed E-state index contributed by atoms with van der Waals surface area (Å²) in [7, 11) is 3.39. The number of nitrogens with zero attached hydrogens (tertiary/aromatic N) is 3. The molecular weight excluding hydrogens is 386 g/mol. The van der Waals surface area contributed by atoms with Crippen molar-refractivity contribution in [3.8, 4) is 0 Å². The van der Waals surface area contributed by atoms with Crippen molar-refractivity contribution in [2.75, 3.05) is 33.2 Å². The van der Waals surface area contributed by atoms with E-state index in [1.807, 2.05) is 38.1 Å². The molecule has 3 aromatic rings. The van der Waals surface area contributed by atoms with Crippen molar-refractivity contribution >= 4 is 28.6 Å². The van der Waals surface area contributed by atoms with Crippen LogP contribution in [0.4, 0.5) is 0 Å². The number of benzene rings is 1. The van der Waals surface area contributed by atoms with E-state index in [4.69, 9.17) is 14.5 Å². The molecule has 1 unspecified atom stereocenters. The lowest BCUT2D eigenvalue weighted by Crippen LogP contribution is -2.15. The monoisotopic (exact) mass is 415 g/mol. The van der Waals surface area contributed by atoms with Gasteiger partial charge in [0.15, 0.2) is 10.9 Å². The summed E-state index contributed by atoms with van der Waals surface area (Å²) in [6, 6.07) is 10.2. The molecule has 7 heteroatoms. The second kappa shape index (κ2) is 9.61. The highest BCUT2D eigenvalue weighted by Gasteiger charge is 2.20. The molecule has 0 fully saturated rings. The highest BCUT2D eigenvalue weighted by Crippen LogP contribution is 2.27. The third-order valence-corrected chi connectivity index (χ3v) is 6.08. The number of aromatic nitrogens is 3. The van der Waals surface area contributed by atoms with Crippen LogP contribution in [0.25, 0.3) is 11.0 Å². The van der Waals surface area contributed by atoms with Crippen molar-refractivity contribution < 1.29 is 14.3 Å².